The van der Waals surface area contributed by atoms with Crippen LogP contribution in [-0.4, -0.2) is 15.6 Å². The van der Waals surface area contributed by atoms with Crippen LogP contribution >= 0.6 is 0 Å². The quantitative estimate of drug-likeness (QED) is 0.101. The Morgan fingerprint density at radius 2 is 1.40 bits per heavy atom. The number of nitrogens with zero attached hydrogens (tertiary/aromatic N) is 4. The molecule has 6 heteroatoms. The Hall–Kier alpha value is -7.42. The maximum atomic E-state index is 9.55. The molecular formula is C62H50N4OPt+2. The fraction of sp³-hybridized carbons (Fsp3) is 0.129. The molecule has 0 bridgehead atoms. The van der Waals surface area contributed by atoms with E-state index in [4.69, 9.17) is 22.1 Å². The Morgan fingerprint density at radius 3 is 2.18 bits per heavy atom. The van der Waals surface area contributed by atoms with Gasteiger partial charge in [-0.05, 0) is 85.8 Å². The zero-order chi connectivity index (χ0) is 55.3. The number of ether oxygens (including phenoxy) is 1. The van der Waals surface area contributed by atoms with Crippen molar-refractivity contribution in [2.75, 3.05) is 0 Å². The number of pyridine rings is 1. The summed E-state index contributed by atoms with van der Waals surface area (Å²) in [6.45, 7) is 10.0. The summed E-state index contributed by atoms with van der Waals surface area (Å²) in [6.07, 6.45) is -0.163. The van der Waals surface area contributed by atoms with Crippen LogP contribution < -0.4 is 13.9 Å². The van der Waals surface area contributed by atoms with Crippen molar-refractivity contribution in [2.45, 2.75) is 46.4 Å². The van der Waals surface area contributed by atoms with Gasteiger partial charge in [-0.3, -0.25) is 0 Å². The molecule has 332 valence electrons. The molecule has 0 saturated carbocycles. The van der Waals surface area contributed by atoms with E-state index in [-0.39, 0.29) is 77.8 Å². The Labute approximate surface area is 428 Å². The average Bonchev–Trinajstić information content (AvgIpc) is 4.18. The minimum absolute atomic E-state index is 0. The minimum Gasteiger partial charge on any atom is -0.509 e. The first-order chi connectivity index (χ1) is 37.1. The van der Waals surface area contributed by atoms with E-state index in [2.05, 4.69) is 79.9 Å². The summed E-state index contributed by atoms with van der Waals surface area (Å²) in [5, 5.41) is 1.96. The number of hydrogen-bond donors (Lipinski definition) is 0. The molecule has 0 atom stereocenters. The van der Waals surface area contributed by atoms with E-state index in [0.29, 0.717) is 22.9 Å². The van der Waals surface area contributed by atoms with E-state index in [1.807, 2.05) is 42.6 Å². The number of rotatable bonds is 10. The van der Waals surface area contributed by atoms with Crippen molar-refractivity contribution in [3.8, 4) is 50.7 Å². The summed E-state index contributed by atoms with van der Waals surface area (Å²) >= 11 is 0. The van der Waals surface area contributed by atoms with Gasteiger partial charge in [0.1, 0.15) is 11.5 Å². The molecule has 0 N–H and O–H groups in total. The third-order valence-electron chi connectivity index (χ3n) is 11.8. The molecule has 5 nitrogen and oxygen atoms in total. The maximum Gasteiger partial charge on any atom is 2.00 e. The predicted octanol–water partition coefficient (Wildman–Crippen LogP) is 15.9. The molecule has 2 aromatic heterocycles. The molecule has 0 radical (unpaired) electrons. The van der Waals surface area contributed by atoms with Crippen molar-refractivity contribution in [2.24, 2.45) is 5.92 Å². The Kier molecular flexibility index (Phi) is 8.93. The van der Waals surface area contributed by atoms with Crippen LogP contribution in [0.5, 0.6) is 11.5 Å². The van der Waals surface area contributed by atoms with E-state index in [1.165, 1.54) is 0 Å². The van der Waals surface area contributed by atoms with E-state index in [1.54, 1.807) is 77.6 Å². The Morgan fingerprint density at radius 1 is 0.662 bits per heavy atom. The summed E-state index contributed by atoms with van der Waals surface area (Å²) in [5.41, 5.74) is 6.24. The number of fused-ring (bicyclic) bond motifs is 4. The molecule has 3 heterocycles. The second-order valence-corrected chi connectivity index (χ2v) is 17.7. The molecule has 1 aliphatic heterocycles. The van der Waals surface area contributed by atoms with Crippen molar-refractivity contribution in [1.29, 1.82) is 0 Å². The summed E-state index contributed by atoms with van der Waals surface area (Å²) in [5.74, 6) is 0.854. The summed E-state index contributed by atoms with van der Waals surface area (Å²) in [6, 6.07) is 47.2. The molecule has 0 aliphatic carbocycles. The van der Waals surface area contributed by atoms with E-state index < -0.39 is 54.6 Å². The Bertz CT molecular complexity index is 4190. The van der Waals surface area contributed by atoms with Crippen LogP contribution in [0.2, 0.25) is 0 Å². The first-order valence-electron chi connectivity index (χ1n) is 27.7. The zero-order valence-corrected chi connectivity index (χ0v) is 40.1. The molecule has 8 aromatic carbocycles. The van der Waals surface area contributed by atoms with Crippen LogP contribution in [0.15, 0.2) is 194 Å². The average molecular weight is 1070 g/mol. The smallest absolute Gasteiger partial charge is 0.509 e. The minimum atomic E-state index is -1.99. The second-order valence-electron chi connectivity index (χ2n) is 17.7. The fourth-order valence-corrected chi connectivity index (χ4v) is 8.70. The van der Waals surface area contributed by atoms with Gasteiger partial charge in [0.25, 0.3) is 5.69 Å². The first-order valence-corrected chi connectivity index (χ1v) is 22.2. The van der Waals surface area contributed by atoms with Gasteiger partial charge in [0.15, 0.2) is 0 Å². The normalized spacial score (nSPS) is 14.7. The molecule has 0 saturated heterocycles. The molecule has 0 amide bonds. The van der Waals surface area contributed by atoms with Crippen molar-refractivity contribution >= 4 is 50.6 Å². The van der Waals surface area contributed by atoms with Crippen LogP contribution in [0.4, 0.5) is 22.7 Å². The SMILES string of the molecule is [2H]c1cc([2H])c(-c2cccc(-c3c([2H])c([2H])c([2H])c([2H])c3[2H])c2[N+]2=C=[N+](c3[c-]c(Oc4[c-]c5c(cc4)c4cc(-c6ccccc6)ccc4n5-c4cc(C(C)(C)C)ccn4)ccc3)c3cccc(C([2H])([2H])C(C)C)c32)c([2H])c1[2H].[Pt+2]. The summed E-state index contributed by atoms with van der Waals surface area (Å²) in [7, 11) is 0. The van der Waals surface area contributed by atoms with Crippen LogP contribution in [-0.2, 0) is 32.9 Å². The number of hydrogen-bond acceptors (Lipinski definition) is 2. The molecule has 0 unspecified atom stereocenters. The van der Waals surface area contributed by atoms with E-state index >= 15 is 0 Å². The molecule has 11 rings (SSSR count). The summed E-state index contributed by atoms with van der Waals surface area (Å²) in [4.78, 5) is 4.88. The standard InChI is InChI=1S/C62H50N4O.Pt/c1-42(2)36-47-24-15-29-57-60(47)65(61-52(44-20-11-7-12-21-44)27-17-28-53(61)45-22-13-8-14-23-45)41-64(57)49-25-16-26-50(39-49)67-51-31-32-54-55-37-46(43-18-9-6-10-19-43)30-33-56(55)66(58(54)40-51)59-38-48(34-35-63-59)62(3,4)5;/h6-35,37-38,42H,36H2,1-5H3;/q;+2/i7D,8D,11D,12D,13D,20D,21D,22D,23D,36D2;. The summed E-state index contributed by atoms with van der Waals surface area (Å²) < 4.78 is 111. The Balaban J connectivity index is 0.00000704. The van der Waals surface area contributed by atoms with Gasteiger partial charge in [0.05, 0.1) is 23.5 Å². The predicted molar refractivity (Wildman–Crippen MR) is 277 cm³/mol. The van der Waals surface area contributed by atoms with Crippen molar-refractivity contribution in [3.05, 3.63) is 217 Å². The maximum absolute atomic E-state index is 9.55. The largest absolute Gasteiger partial charge is 2.00 e. The second kappa shape index (κ2) is 18.3. The fourth-order valence-electron chi connectivity index (χ4n) is 8.70. The van der Waals surface area contributed by atoms with Gasteiger partial charge in [0.2, 0.25) is 5.69 Å². The van der Waals surface area contributed by atoms with Gasteiger partial charge in [-0.1, -0.05) is 178 Å². The topological polar surface area (TPSA) is 33.1 Å². The third-order valence-corrected chi connectivity index (χ3v) is 11.8. The molecular weight excluding hydrogens is 1010 g/mol. The molecule has 10 aromatic rings. The number of benzene rings is 8. The molecule has 1 aliphatic rings. The molecule has 68 heavy (non-hydrogen) atoms. The van der Waals surface area contributed by atoms with E-state index in [9.17, 15) is 2.74 Å². The van der Waals surface area contributed by atoms with Crippen molar-refractivity contribution in [3.63, 3.8) is 0 Å². The monoisotopic (exact) mass is 1070 g/mol. The number of aromatic nitrogens is 2. The zero-order valence-electron chi connectivity index (χ0n) is 48.9. The first kappa shape index (κ1) is 33.1. The molecule has 0 fully saturated rings. The van der Waals surface area contributed by atoms with Gasteiger partial charge in [0, 0.05) is 37.6 Å². The third kappa shape index (κ3) is 8.34. The van der Waals surface area contributed by atoms with Gasteiger partial charge < -0.3 is 9.30 Å². The van der Waals surface area contributed by atoms with Gasteiger partial charge in [-0.15, -0.1) is 23.6 Å². The number of para-hydroxylation sites is 2. The van der Waals surface area contributed by atoms with Gasteiger partial charge in [-0.25, -0.2) is 4.98 Å². The van der Waals surface area contributed by atoms with E-state index in [0.717, 1.165) is 50.4 Å². The van der Waals surface area contributed by atoms with Gasteiger partial charge in [-0.2, -0.15) is 12.1 Å². The van der Waals surface area contributed by atoms with Crippen LogP contribution in [0, 0.1) is 18.1 Å². The van der Waals surface area contributed by atoms with Crippen molar-refractivity contribution < 1.29 is 40.9 Å². The van der Waals surface area contributed by atoms with Crippen LogP contribution in [0.1, 0.15) is 60.8 Å². The van der Waals surface area contributed by atoms with Gasteiger partial charge >= 0.3 is 32.8 Å². The van der Waals surface area contributed by atoms with Crippen LogP contribution in [0.3, 0.4) is 0 Å². The molecule has 0 spiro atoms. The van der Waals surface area contributed by atoms with Crippen molar-refractivity contribution in [1.82, 2.24) is 18.7 Å². The van der Waals surface area contributed by atoms with Crippen LogP contribution in [0.25, 0.3) is 61.0 Å².